The van der Waals surface area contributed by atoms with Crippen LogP contribution in [0.4, 0.5) is 5.69 Å². The molecule has 3 heteroatoms. The number of carbonyl (C=O) groups is 1. The molecule has 0 saturated heterocycles. The molecule has 1 aromatic carbocycles. The van der Waals surface area contributed by atoms with Crippen LogP contribution < -0.4 is 0 Å². The van der Waals surface area contributed by atoms with E-state index in [-0.39, 0.29) is 17.1 Å². The number of aliphatic imine (C=N–C) groups is 1. The SMILES string of the molecule is CC1C=Nc2c(I)cc(C(C)(C)C)cc2C1=O. The molecule has 0 bridgehead atoms. The van der Waals surface area contributed by atoms with Gasteiger partial charge in [-0.05, 0) is 45.7 Å². The van der Waals surface area contributed by atoms with Gasteiger partial charge in [0.25, 0.3) is 0 Å². The number of ketones is 1. The molecule has 1 aromatic rings. The molecule has 0 saturated carbocycles. The maximum Gasteiger partial charge on any atom is 0.173 e. The van der Waals surface area contributed by atoms with E-state index in [2.05, 4.69) is 54.4 Å². The zero-order chi connectivity index (χ0) is 12.8. The molecule has 90 valence electrons. The number of nitrogens with zero attached hydrogens (tertiary/aromatic N) is 1. The first-order valence-corrected chi connectivity index (χ1v) is 6.81. The van der Waals surface area contributed by atoms with Crippen molar-refractivity contribution in [2.75, 3.05) is 0 Å². The van der Waals surface area contributed by atoms with Crippen molar-refractivity contribution < 1.29 is 4.79 Å². The highest BCUT2D eigenvalue weighted by Gasteiger charge is 2.25. The smallest absolute Gasteiger partial charge is 0.173 e. The summed E-state index contributed by atoms with van der Waals surface area (Å²) < 4.78 is 1.06. The summed E-state index contributed by atoms with van der Waals surface area (Å²) in [4.78, 5) is 16.5. The van der Waals surface area contributed by atoms with Crippen LogP contribution >= 0.6 is 22.6 Å². The van der Waals surface area contributed by atoms with Crippen molar-refractivity contribution in [3.63, 3.8) is 0 Å². The molecule has 0 spiro atoms. The standard InChI is InChI=1S/C14H16INO/c1-8-7-16-12-10(13(8)17)5-9(6-11(12)15)14(2,3)4/h5-8H,1-4H3. The maximum atomic E-state index is 12.2. The van der Waals surface area contributed by atoms with Crippen LogP contribution in [0.15, 0.2) is 17.1 Å². The fraction of sp³-hybridized carbons (Fsp3) is 0.429. The van der Waals surface area contributed by atoms with Crippen LogP contribution in [0.5, 0.6) is 0 Å². The molecule has 0 aliphatic carbocycles. The molecule has 1 heterocycles. The molecule has 0 aromatic heterocycles. The highest BCUT2D eigenvalue weighted by molar-refractivity contribution is 14.1. The fourth-order valence-electron chi connectivity index (χ4n) is 1.85. The summed E-state index contributed by atoms with van der Waals surface area (Å²) in [7, 11) is 0. The van der Waals surface area contributed by atoms with Crippen LogP contribution in [0.3, 0.4) is 0 Å². The van der Waals surface area contributed by atoms with E-state index >= 15 is 0 Å². The number of benzene rings is 1. The number of rotatable bonds is 0. The maximum absolute atomic E-state index is 12.2. The summed E-state index contributed by atoms with van der Waals surface area (Å²) in [6.07, 6.45) is 1.74. The van der Waals surface area contributed by atoms with Crippen molar-refractivity contribution in [3.05, 3.63) is 26.8 Å². The second-order valence-corrected chi connectivity index (χ2v) is 6.70. The number of Topliss-reactive ketones (excluding diaryl/α,β-unsaturated/α-hetero) is 1. The number of fused-ring (bicyclic) bond motifs is 1. The minimum atomic E-state index is -0.103. The number of carbonyl (C=O) groups excluding carboxylic acids is 1. The van der Waals surface area contributed by atoms with Crippen LogP contribution in [0.2, 0.25) is 0 Å². The Balaban J connectivity index is 2.65. The van der Waals surface area contributed by atoms with Crippen LogP contribution in [-0.4, -0.2) is 12.0 Å². The summed E-state index contributed by atoms with van der Waals surface area (Å²) in [5, 5.41) is 0. The Kier molecular flexibility index (Phi) is 3.14. The van der Waals surface area contributed by atoms with Gasteiger partial charge in [0.2, 0.25) is 0 Å². The van der Waals surface area contributed by atoms with Gasteiger partial charge in [-0.1, -0.05) is 27.7 Å². The molecule has 0 N–H and O–H groups in total. The Morgan fingerprint density at radius 3 is 2.53 bits per heavy atom. The normalized spacial score (nSPS) is 19.4. The minimum absolute atomic E-state index is 0.0552. The van der Waals surface area contributed by atoms with Gasteiger partial charge < -0.3 is 0 Å². The van der Waals surface area contributed by atoms with Crippen LogP contribution in [0, 0.1) is 9.49 Å². The summed E-state index contributed by atoms with van der Waals surface area (Å²) >= 11 is 2.26. The largest absolute Gasteiger partial charge is 0.293 e. The quantitative estimate of drug-likeness (QED) is 0.653. The van der Waals surface area contributed by atoms with Crippen molar-refractivity contribution in [1.82, 2.24) is 0 Å². The molecular formula is C14H16INO. The Labute approximate surface area is 116 Å². The highest BCUT2D eigenvalue weighted by atomic mass is 127. The molecular weight excluding hydrogens is 325 g/mol. The first-order valence-electron chi connectivity index (χ1n) is 5.73. The molecule has 1 aliphatic heterocycles. The minimum Gasteiger partial charge on any atom is -0.293 e. The highest BCUT2D eigenvalue weighted by Crippen LogP contribution is 2.35. The van der Waals surface area contributed by atoms with E-state index in [9.17, 15) is 4.79 Å². The third-order valence-electron chi connectivity index (χ3n) is 3.04. The topological polar surface area (TPSA) is 29.4 Å². The van der Waals surface area contributed by atoms with Crippen LogP contribution in [0.25, 0.3) is 0 Å². The van der Waals surface area contributed by atoms with Crippen molar-refractivity contribution in [1.29, 1.82) is 0 Å². The zero-order valence-corrected chi connectivity index (χ0v) is 12.7. The lowest BCUT2D eigenvalue weighted by molar-refractivity contribution is 0.0962. The first-order chi connectivity index (χ1) is 7.80. The third kappa shape index (κ3) is 2.30. The third-order valence-corrected chi connectivity index (χ3v) is 3.86. The van der Waals surface area contributed by atoms with Gasteiger partial charge in [0.05, 0.1) is 11.6 Å². The van der Waals surface area contributed by atoms with E-state index in [0.29, 0.717) is 0 Å². The van der Waals surface area contributed by atoms with E-state index in [1.165, 1.54) is 5.56 Å². The Hall–Kier alpha value is -0.710. The van der Waals surface area contributed by atoms with Gasteiger partial charge in [-0.2, -0.15) is 0 Å². The van der Waals surface area contributed by atoms with Crippen molar-refractivity contribution in [3.8, 4) is 0 Å². The van der Waals surface area contributed by atoms with E-state index in [1.807, 2.05) is 13.0 Å². The van der Waals surface area contributed by atoms with E-state index < -0.39 is 0 Å². The predicted octanol–water partition coefficient (Wildman–Crippen LogP) is 4.12. The lowest BCUT2D eigenvalue weighted by atomic mass is 9.84. The van der Waals surface area contributed by atoms with Gasteiger partial charge in [-0.3, -0.25) is 9.79 Å². The Morgan fingerprint density at radius 1 is 1.29 bits per heavy atom. The number of hydrogen-bond donors (Lipinski definition) is 0. The van der Waals surface area contributed by atoms with Gasteiger partial charge in [-0.25, -0.2) is 0 Å². The summed E-state index contributed by atoms with van der Waals surface area (Å²) in [5.41, 5.74) is 2.86. The second kappa shape index (κ2) is 4.19. The van der Waals surface area contributed by atoms with E-state index in [0.717, 1.165) is 14.8 Å². The molecule has 0 fully saturated rings. The monoisotopic (exact) mass is 341 g/mol. The lowest BCUT2D eigenvalue weighted by Gasteiger charge is -2.23. The molecule has 1 atom stereocenters. The van der Waals surface area contributed by atoms with Crippen molar-refractivity contribution >= 4 is 40.3 Å². The number of halogens is 1. The van der Waals surface area contributed by atoms with Crippen LogP contribution in [0.1, 0.15) is 43.6 Å². The van der Waals surface area contributed by atoms with Gasteiger partial charge >= 0.3 is 0 Å². The average Bonchev–Trinajstić information content (AvgIpc) is 2.22. The second-order valence-electron chi connectivity index (χ2n) is 5.54. The molecule has 2 rings (SSSR count). The molecule has 1 aliphatic rings. The summed E-state index contributed by atoms with van der Waals surface area (Å²) in [5.74, 6) is 0.0764. The van der Waals surface area contributed by atoms with Gasteiger partial charge in [0.15, 0.2) is 5.78 Å². The zero-order valence-electron chi connectivity index (χ0n) is 10.5. The average molecular weight is 341 g/mol. The predicted molar refractivity (Wildman–Crippen MR) is 79.5 cm³/mol. The molecule has 0 amide bonds. The van der Waals surface area contributed by atoms with Crippen molar-refractivity contribution in [2.24, 2.45) is 10.9 Å². The Morgan fingerprint density at radius 2 is 1.94 bits per heavy atom. The van der Waals surface area contributed by atoms with Gasteiger partial charge in [0, 0.05) is 15.3 Å². The molecule has 0 radical (unpaired) electrons. The van der Waals surface area contributed by atoms with Gasteiger partial charge in [0.1, 0.15) is 0 Å². The molecule has 17 heavy (non-hydrogen) atoms. The Bertz CT molecular complexity index is 512. The lowest BCUT2D eigenvalue weighted by Crippen LogP contribution is -2.19. The van der Waals surface area contributed by atoms with E-state index in [4.69, 9.17) is 0 Å². The van der Waals surface area contributed by atoms with E-state index in [1.54, 1.807) is 6.21 Å². The molecule has 1 unspecified atom stereocenters. The summed E-state index contributed by atoms with van der Waals surface area (Å²) in [6.45, 7) is 8.37. The molecule has 2 nitrogen and oxygen atoms in total. The van der Waals surface area contributed by atoms with Crippen LogP contribution in [-0.2, 0) is 5.41 Å². The van der Waals surface area contributed by atoms with Crippen molar-refractivity contribution in [2.45, 2.75) is 33.1 Å². The summed E-state index contributed by atoms with van der Waals surface area (Å²) in [6, 6.07) is 4.13. The first kappa shape index (κ1) is 12.7. The fourth-order valence-corrected chi connectivity index (χ4v) is 2.62. The van der Waals surface area contributed by atoms with Gasteiger partial charge in [-0.15, -0.1) is 0 Å². The number of hydrogen-bond acceptors (Lipinski definition) is 2.